The Labute approximate surface area is 184 Å². The van der Waals surface area contributed by atoms with Gasteiger partial charge in [-0.25, -0.2) is 14.8 Å². The van der Waals surface area contributed by atoms with E-state index in [4.69, 9.17) is 15.0 Å². The van der Waals surface area contributed by atoms with Crippen LogP contribution in [0.15, 0.2) is 4.99 Å². The van der Waals surface area contributed by atoms with Crippen molar-refractivity contribution >= 4 is 11.9 Å². The first-order valence-electron chi connectivity index (χ1n) is 11.7. The molecule has 1 amide bonds. The van der Waals surface area contributed by atoms with Crippen LogP contribution >= 0.6 is 0 Å². The quantitative estimate of drug-likeness (QED) is 0.375. The number of aliphatic imine (C=N–C) groups is 1. The minimum atomic E-state index is -0.657. The number of nitriles is 1. The fourth-order valence-electron chi connectivity index (χ4n) is 4.93. The van der Waals surface area contributed by atoms with Crippen molar-refractivity contribution in [3.8, 4) is 6.07 Å². The molecule has 1 saturated heterocycles. The van der Waals surface area contributed by atoms with Gasteiger partial charge in [-0.3, -0.25) is 15.5 Å². The number of amides is 1. The van der Waals surface area contributed by atoms with Gasteiger partial charge in [0.15, 0.2) is 5.96 Å². The maximum absolute atomic E-state index is 13.5. The van der Waals surface area contributed by atoms with Crippen LogP contribution in [0.1, 0.15) is 64.7 Å². The average molecular weight is 437 g/mol. The topological polar surface area (TPSA) is 111 Å². The molecule has 4 N–H and O–H groups in total. The number of alkyl halides is 1. The molecule has 2 saturated carbocycles. The Morgan fingerprint density at radius 3 is 2.55 bits per heavy atom. The lowest BCUT2D eigenvalue weighted by Crippen LogP contribution is -2.49. The van der Waals surface area contributed by atoms with Gasteiger partial charge in [-0.15, -0.1) is 0 Å². The van der Waals surface area contributed by atoms with Crippen molar-refractivity contribution in [1.29, 1.82) is 5.26 Å². The summed E-state index contributed by atoms with van der Waals surface area (Å²) >= 11 is 0. The molecule has 0 aromatic carbocycles. The van der Waals surface area contributed by atoms with Gasteiger partial charge in [0.2, 0.25) is 5.91 Å². The molecule has 0 radical (unpaired) electrons. The van der Waals surface area contributed by atoms with Gasteiger partial charge in [0.05, 0.1) is 12.7 Å². The van der Waals surface area contributed by atoms with Crippen LogP contribution in [0.5, 0.6) is 0 Å². The van der Waals surface area contributed by atoms with Gasteiger partial charge >= 0.3 is 0 Å². The molecular weight excluding hydrogens is 399 g/mol. The highest BCUT2D eigenvalue weighted by molar-refractivity contribution is 5.98. The zero-order valence-corrected chi connectivity index (χ0v) is 18.7. The number of carbonyl (C=O) groups excluding carboxylic acids is 1. The first-order chi connectivity index (χ1) is 15.0. The summed E-state index contributed by atoms with van der Waals surface area (Å²) < 4.78 is 18.7. The van der Waals surface area contributed by atoms with E-state index in [0.717, 1.165) is 44.9 Å². The van der Waals surface area contributed by atoms with Crippen molar-refractivity contribution in [1.82, 2.24) is 21.5 Å². The largest absolute Gasteiger partial charge is 0.383 e. The molecule has 3 atom stereocenters. The number of ether oxygens (including phenoxy) is 1. The number of guanidine groups is 1. The second-order valence-corrected chi connectivity index (χ2v) is 9.30. The molecule has 8 nitrogen and oxygen atoms in total. The fraction of sp³-hybridized carbons (Fsp3) is 0.864. The molecule has 0 aromatic heterocycles. The van der Waals surface area contributed by atoms with E-state index in [9.17, 15) is 9.18 Å². The minimum Gasteiger partial charge on any atom is -0.383 e. The van der Waals surface area contributed by atoms with E-state index in [1.54, 1.807) is 7.11 Å². The summed E-state index contributed by atoms with van der Waals surface area (Å²) in [5.41, 5.74) is 6.56. The van der Waals surface area contributed by atoms with Crippen LogP contribution in [0.3, 0.4) is 0 Å². The maximum Gasteiger partial charge on any atom is 0.229 e. The summed E-state index contributed by atoms with van der Waals surface area (Å²) in [5.74, 6) is 0.830. The van der Waals surface area contributed by atoms with E-state index in [0.29, 0.717) is 31.3 Å². The van der Waals surface area contributed by atoms with Crippen LogP contribution < -0.4 is 21.5 Å². The van der Waals surface area contributed by atoms with Crippen LogP contribution in [-0.2, 0) is 9.53 Å². The van der Waals surface area contributed by atoms with E-state index in [-0.39, 0.29) is 36.0 Å². The Morgan fingerprint density at radius 2 is 1.90 bits per heavy atom. The number of carbonyl (C=O) groups is 1. The zero-order chi connectivity index (χ0) is 22.2. The molecule has 2 aliphatic carbocycles. The van der Waals surface area contributed by atoms with Crippen LogP contribution in [0.25, 0.3) is 0 Å². The van der Waals surface area contributed by atoms with Crippen molar-refractivity contribution in [3.63, 3.8) is 0 Å². The first-order valence-corrected chi connectivity index (χ1v) is 11.7. The predicted octanol–water partition coefficient (Wildman–Crippen LogP) is 2.13. The molecule has 3 fully saturated rings. The summed E-state index contributed by atoms with van der Waals surface area (Å²) in [6, 6.07) is 2.56. The molecule has 9 heteroatoms. The van der Waals surface area contributed by atoms with E-state index in [1.807, 2.05) is 6.92 Å². The SMILES string of the molecule is COC[C@H](C)N/C(=N\C1CC(C2CCC(F)CC2)NN1)NC(=O)C1CCC(C#N)CC1. The summed E-state index contributed by atoms with van der Waals surface area (Å²) in [5, 5.41) is 15.3. The van der Waals surface area contributed by atoms with Crippen molar-refractivity contribution in [3.05, 3.63) is 0 Å². The van der Waals surface area contributed by atoms with E-state index in [1.165, 1.54) is 0 Å². The van der Waals surface area contributed by atoms with Gasteiger partial charge in [0.1, 0.15) is 12.3 Å². The maximum atomic E-state index is 13.5. The summed E-state index contributed by atoms with van der Waals surface area (Å²) in [6.45, 7) is 2.47. The second-order valence-electron chi connectivity index (χ2n) is 9.30. The molecule has 3 rings (SSSR count). The van der Waals surface area contributed by atoms with Crippen LogP contribution in [0.4, 0.5) is 4.39 Å². The highest BCUT2D eigenvalue weighted by Crippen LogP contribution is 2.31. The summed E-state index contributed by atoms with van der Waals surface area (Å²) in [7, 11) is 1.64. The predicted molar refractivity (Wildman–Crippen MR) is 116 cm³/mol. The molecule has 2 unspecified atom stereocenters. The van der Waals surface area contributed by atoms with Crippen molar-refractivity contribution in [2.75, 3.05) is 13.7 Å². The van der Waals surface area contributed by atoms with Crippen LogP contribution in [-0.4, -0.2) is 50.0 Å². The number of nitrogens with one attached hydrogen (secondary N) is 4. The standard InChI is InChI=1S/C22H37FN6O2/c1-14(13-31-2)25-22(27-21(30)17-5-3-15(12-24)4-6-17)26-20-11-19(28-29-20)16-7-9-18(23)10-8-16/h14-20,28-29H,3-11,13H2,1-2H3,(H2,25,26,27,30)/t14-,15?,16?,17?,18?,19?,20?/m0/s1. The van der Waals surface area contributed by atoms with E-state index < -0.39 is 6.17 Å². The van der Waals surface area contributed by atoms with Crippen molar-refractivity contribution in [2.45, 2.75) is 89.1 Å². The third-order valence-electron chi connectivity index (χ3n) is 6.79. The molecule has 0 spiro atoms. The molecule has 31 heavy (non-hydrogen) atoms. The molecule has 0 bridgehead atoms. The lowest BCUT2D eigenvalue weighted by molar-refractivity contribution is -0.124. The number of methoxy groups -OCH3 is 1. The van der Waals surface area contributed by atoms with Gasteiger partial charge in [-0.1, -0.05) is 0 Å². The number of hydrazine groups is 1. The first kappa shape index (κ1) is 23.9. The highest BCUT2D eigenvalue weighted by atomic mass is 19.1. The molecular formula is C22H37FN6O2. The Balaban J connectivity index is 1.58. The Morgan fingerprint density at radius 1 is 1.19 bits per heavy atom. The van der Waals surface area contributed by atoms with E-state index >= 15 is 0 Å². The zero-order valence-electron chi connectivity index (χ0n) is 18.7. The number of hydrogen-bond acceptors (Lipinski definition) is 6. The lowest BCUT2D eigenvalue weighted by atomic mass is 9.82. The number of rotatable bonds is 6. The lowest BCUT2D eigenvalue weighted by Gasteiger charge is -2.28. The summed E-state index contributed by atoms with van der Waals surface area (Å²) in [6.07, 6.45) is 6.05. The molecule has 3 aliphatic rings. The van der Waals surface area contributed by atoms with Crippen molar-refractivity contribution < 1.29 is 13.9 Å². The van der Waals surface area contributed by atoms with Crippen LogP contribution in [0, 0.1) is 29.1 Å². The molecule has 1 heterocycles. The number of hydrogen-bond donors (Lipinski definition) is 4. The van der Waals surface area contributed by atoms with Gasteiger partial charge in [0, 0.05) is 37.5 Å². The van der Waals surface area contributed by atoms with E-state index in [2.05, 4.69) is 27.6 Å². The monoisotopic (exact) mass is 436 g/mol. The minimum absolute atomic E-state index is 0.0108. The number of halogens is 1. The number of nitrogens with zero attached hydrogens (tertiary/aromatic N) is 2. The molecule has 1 aliphatic heterocycles. The fourth-order valence-corrected chi connectivity index (χ4v) is 4.93. The average Bonchev–Trinajstić information content (AvgIpc) is 3.22. The Kier molecular flexibility index (Phi) is 9.05. The molecule has 174 valence electrons. The Bertz CT molecular complexity index is 653. The smallest absolute Gasteiger partial charge is 0.229 e. The normalized spacial score (nSPS) is 35.2. The van der Waals surface area contributed by atoms with Gasteiger partial charge in [0.25, 0.3) is 0 Å². The molecule has 0 aromatic rings. The third kappa shape index (κ3) is 7.13. The van der Waals surface area contributed by atoms with Crippen LogP contribution in [0.2, 0.25) is 0 Å². The van der Waals surface area contributed by atoms with Gasteiger partial charge in [-0.05, 0) is 64.2 Å². The summed E-state index contributed by atoms with van der Waals surface area (Å²) in [4.78, 5) is 17.6. The second kappa shape index (κ2) is 11.7. The highest BCUT2D eigenvalue weighted by Gasteiger charge is 2.33. The van der Waals surface area contributed by atoms with Gasteiger partial charge in [-0.2, -0.15) is 5.26 Å². The van der Waals surface area contributed by atoms with Gasteiger partial charge < -0.3 is 10.1 Å². The van der Waals surface area contributed by atoms with Crippen molar-refractivity contribution in [2.24, 2.45) is 22.7 Å². The third-order valence-corrected chi connectivity index (χ3v) is 6.79. The Hall–Kier alpha value is -1.76.